The zero-order valence-corrected chi connectivity index (χ0v) is 20.9. The van der Waals surface area contributed by atoms with Crippen LogP contribution in [-0.4, -0.2) is 24.0 Å². The third-order valence-electron chi connectivity index (χ3n) is 10.3. The molecule has 0 aromatic carbocycles. The van der Waals surface area contributed by atoms with E-state index in [9.17, 15) is 22.8 Å². The van der Waals surface area contributed by atoms with Gasteiger partial charge in [0, 0.05) is 10.8 Å². The molecule has 7 heteroatoms. The van der Waals surface area contributed by atoms with Crippen LogP contribution in [0.2, 0.25) is 0 Å². The van der Waals surface area contributed by atoms with Gasteiger partial charge >= 0.3 is 12.1 Å². The predicted octanol–water partition coefficient (Wildman–Crippen LogP) is 6.78. The molecule has 0 aliphatic heterocycles. The molecular formula is C28H33F3O4. The largest absolute Gasteiger partial charge is 0.490 e. The van der Waals surface area contributed by atoms with E-state index in [4.69, 9.17) is 9.15 Å². The Kier molecular flexibility index (Phi) is 5.13. The molecular weight excluding hydrogens is 457 g/mol. The molecule has 4 nitrogen and oxygen atoms in total. The van der Waals surface area contributed by atoms with Gasteiger partial charge in [-0.25, -0.2) is 4.79 Å². The van der Waals surface area contributed by atoms with Gasteiger partial charge in [-0.1, -0.05) is 52.3 Å². The van der Waals surface area contributed by atoms with Crippen LogP contribution in [0.3, 0.4) is 0 Å². The van der Waals surface area contributed by atoms with E-state index >= 15 is 0 Å². The van der Waals surface area contributed by atoms with Crippen molar-refractivity contribution in [1.82, 2.24) is 0 Å². The van der Waals surface area contributed by atoms with Crippen LogP contribution in [0.4, 0.5) is 13.2 Å². The molecule has 1 aromatic rings. The van der Waals surface area contributed by atoms with Crippen LogP contribution in [0.25, 0.3) is 0 Å². The predicted molar refractivity (Wildman–Crippen MR) is 123 cm³/mol. The number of alkyl halides is 3. The summed E-state index contributed by atoms with van der Waals surface area (Å²) in [6.07, 6.45) is 5.75. The molecule has 1 heterocycles. The smallest absolute Gasteiger partial charge is 0.472 e. The minimum atomic E-state index is -5.08. The molecule has 0 spiro atoms. The molecule has 0 bridgehead atoms. The number of hydrogen-bond acceptors (Lipinski definition) is 4. The molecule has 35 heavy (non-hydrogen) atoms. The first-order chi connectivity index (χ1) is 16.2. The zero-order chi connectivity index (χ0) is 25.6. The van der Waals surface area contributed by atoms with Gasteiger partial charge in [-0.3, -0.25) is 4.79 Å². The Morgan fingerprint density at radius 2 is 1.86 bits per heavy atom. The molecule has 2 unspecified atom stereocenters. The summed E-state index contributed by atoms with van der Waals surface area (Å²) >= 11 is 0. The maximum Gasteiger partial charge on any atom is 0.490 e. The highest BCUT2D eigenvalue weighted by Gasteiger charge is 2.69. The van der Waals surface area contributed by atoms with Crippen LogP contribution >= 0.6 is 0 Å². The van der Waals surface area contributed by atoms with Crippen LogP contribution in [-0.2, 0) is 14.3 Å². The first kappa shape index (κ1) is 24.4. The highest BCUT2D eigenvalue weighted by molar-refractivity contribution is 5.95. The highest BCUT2D eigenvalue weighted by Crippen LogP contribution is 2.73. The van der Waals surface area contributed by atoms with Crippen molar-refractivity contribution in [1.29, 1.82) is 0 Å². The number of ether oxygens (including phenoxy) is 1. The minimum Gasteiger partial charge on any atom is -0.472 e. The number of carbonyl (C=O) groups excluding carboxylic acids is 2. The summed E-state index contributed by atoms with van der Waals surface area (Å²) in [6, 6.07) is 1.96. The van der Waals surface area contributed by atoms with Gasteiger partial charge in [0.25, 0.3) is 0 Å². The molecule has 2 fully saturated rings. The Labute approximate surface area is 204 Å². The van der Waals surface area contributed by atoms with Crippen LogP contribution in [0.5, 0.6) is 0 Å². The summed E-state index contributed by atoms with van der Waals surface area (Å²) in [5, 5.41) is 0. The lowest BCUT2D eigenvalue weighted by molar-refractivity contribution is -0.225. The van der Waals surface area contributed by atoms with E-state index in [2.05, 4.69) is 19.9 Å². The summed E-state index contributed by atoms with van der Waals surface area (Å²) in [4.78, 5) is 25.0. The number of halogens is 3. The van der Waals surface area contributed by atoms with Crippen molar-refractivity contribution in [3.63, 3.8) is 0 Å². The van der Waals surface area contributed by atoms with Gasteiger partial charge in [-0.05, 0) is 72.0 Å². The van der Waals surface area contributed by atoms with Crippen molar-refractivity contribution in [2.24, 2.45) is 33.5 Å². The Hall–Kier alpha value is -2.31. The third-order valence-corrected chi connectivity index (χ3v) is 10.3. The molecule has 0 radical (unpaired) electrons. The molecule has 0 amide bonds. The van der Waals surface area contributed by atoms with Crippen molar-refractivity contribution in [2.45, 2.75) is 78.5 Å². The molecule has 0 saturated heterocycles. The first-order valence-electron chi connectivity index (χ1n) is 12.4. The van der Waals surface area contributed by atoms with Gasteiger partial charge in [0.05, 0.1) is 12.5 Å². The highest BCUT2D eigenvalue weighted by atomic mass is 19.4. The number of rotatable bonds is 2. The lowest BCUT2D eigenvalue weighted by Gasteiger charge is -2.66. The second kappa shape index (κ2) is 7.36. The molecule has 190 valence electrons. The van der Waals surface area contributed by atoms with Crippen molar-refractivity contribution < 1.29 is 31.9 Å². The topological polar surface area (TPSA) is 56.5 Å². The average molecular weight is 491 g/mol. The van der Waals surface area contributed by atoms with E-state index in [1.807, 2.05) is 32.9 Å². The minimum absolute atomic E-state index is 0.0368. The molecule has 4 aliphatic rings. The van der Waals surface area contributed by atoms with Crippen LogP contribution in [0.1, 0.15) is 71.8 Å². The fourth-order valence-electron chi connectivity index (χ4n) is 8.59. The molecule has 2 saturated carbocycles. The number of esters is 1. The molecule has 1 aromatic heterocycles. The number of carbonyl (C=O) groups is 2. The zero-order valence-electron chi connectivity index (χ0n) is 20.9. The quantitative estimate of drug-likeness (QED) is 0.339. The van der Waals surface area contributed by atoms with Gasteiger partial charge in [0.15, 0.2) is 5.78 Å². The summed E-state index contributed by atoms with van der Waals surface area (Å²) in [5.74, 6) is -2.36. The fourth-order valence-corrected chi connectivity index (χ4v) is 8.59. The summed E-state index contributed by atoms with van der Waals surface area (Å²) in [5.41, 5.74) is -0.103. The maximum atomic E-state index is 13.4. The second-order valence-electron chi connectivity index (χ2n) is 12.2. The maximum absolute atomic E-state index is 13.4. The van der Waals surface area contributed by atoms with E-state index in [0.717, 1.165) is 30.4 Å². The molecule has 4 aliphatic carbocycles. The van der Waals surface area contributed by atoms with Crippen molar-refractivity contribution in [3.8, 4) is 0 Å². The molecule has 7 atom stereocenters. The number of ketones is 1. The lowest BCUT2D eigenvalue weighted by Crippen LogP contribution is -2.64. The summed E-state index contributed by atoms with van der Waals surface area (Å²) < 4.78 is 50.9. The number of fused-ring (bicyclic) bond motifs is 5. The van der Waals surface area contributed by atoms with Crippen LogP contribution in [0, 0.1) is 33.5 Å². The van der Waals surface area contributed by atoms with Crippen molar-refractivity contribution in [3.05, 3.63) is 48.0 Å². The Bertz CT molecular complexity index is 1110. The van der Waals surface area contributed by atoms with Gasteiger partial charge < -0.3 is 9.15 Å². The third kappa shape index (κ3) is 3.18. The van der Waals surface area contributed by atoms with Crippen molar-refractivity contribution in [2.75, 3.05) is 0 Å². The van der Waals surface area contributed by atoms with Gasteiger partial charge in [-0.2, -0.15) is 13.2 Å². The van der Waals surface area contributed by atoms with E-state index in [1.54, 1.807) is 18.6 Å². The van der Waals surface area contributed by atoms with Crippen LogP contribution in [0.15, 0.2) is 46.8 Å². The normalized spacial score (nSPS) is 42.1. The van der Waals surface area contributed by atoms with E-state index in [-0.39, 0.29) is 35.4 Å². The van der Waals surface area contributed by atoms with E-state index in [0.29, 0.717) is 0 Å². The second-order valence-corrected chi connectivity index (χ2v) is 12.2. The Morgan fingerprint density at radius 3 is 2.49 bits per heavy atom. The SMILES string of the molecule is CC1(C)C(=O)C=C[C@@]2(C)C1C[C@@H](OC(=O)C(F)(F)F)[C@@]1(C)C3=CC[C@@H](c4ccoc4)[C@]3(C)CCC21. The number of allylic oxidation sites excluding steroid dienone is 3. The first-order valence-corrected chi connectivity index (χ1v) is 12.4. The van der Waals surface area contributed by atoms with Gasteiger partial charge in [0.1, 0.15) is 6.10 Å². The van der Waals surface area contributed by atoms with E-state index < -0.39 is 34.5 Å². The number of hydrogen-bond donors (Lipinski definition) is 0. The summed E-state index contributed by atoms with van der Waals surface area (Å²) in [6.45, 7) is 10.0. The van der Waals surface area contributed by atoms with Gasteiger partial charge in [-0.15, -0.1) is 0 Å². The van der Waals surface area contributed by atoms with Crippen LogP contribution < -0.4 is 0 Å². The molecule has 5 rings (SSSR count). The van der Waals surface area contributed by atoms with Crippen molar-refractivity contribution >= 4 is 11.8 Å². The Morgan fingerprint density at radius 1 is 1.14 bits per heavy atom. The summed E-state index contributed by atoms with van der Waals surface area (Å²) in [7, 11) is 0. The number of furan rings is 1. The standard InChI is InChI=1S/C28H33F3O4/c1-24(2)20-14-22(35-23(33)28(29,30)31)27(5)18-7-6-17(16-10-13-34-15-16)25(18,3)11-8-19(27)26(20,4)12-9-21(24)32/h7,9-10,12-13,15,17,19-20,22H,6,8,11,14H2,1-5H3/t17-,19?,20?,22+,25-,26+,27-/m0/s1. The van der Waals surface area contributed by atoms with Gasteiger partial charge in [0.2, 0.25) is 0 Å². The van der Waals surface area contributed by atoms with E-state index in [1.165, 1.54) is 0 Å². The Balaban J connectivity index is 1.64. The molecule has 0 N–H and O–H groups in total. The lowest BCUT2D eigenvalue weighted by atomic mass is 9.38. The fraction of sp³-hybridized carbons (Fsp3) is 0.643. The average Bonchev–Trinajstić information content (AvgIpc) is 3.40. The monoisotopic (exact) mass is 490 g/mol.